The SMILES string of the molecule is Cc1cc2cccc(C)c2[nH]1.Cc1cc2ccccc2n1C.Cc1ccc2[nH]c(C)cc2c1.Cc1ccc2cc(C)[nH]c2c1.Cc1ccc2cc[nH]c2c1C.Cc1ccc2ccn(C)c2c1.Cc1cccc2ccn(C)c12. The van der Waals surface area contributed by atoms with Crippen molar-refractivity contribution in [1.82, 2.24) is 33.6 Å². The predicted molar refractivity (Wildman–Crippen MR) is 334 cm³/mol. The van der Waals surface area contributed by atoms with Crippen LogP contribution in [0.3, 0.4) is 0 Å². The summed E-state index contributed by atoms with van der Waals surface area (Å²) in [5.41, 5.74) is 23.3. The minimum Gasteiger partial charge on any atom is -0.361 e. The highest BCUT2D eigenvalue weighted by Crippen LogP contribution is 2.22. The lowest BCUT2D eigenvalue weighted by atomic mass is 10.1. The summed E-state index contributed by atoms with van der Waals surface area (Å²) in [4.78, 5) is 13.1. The van der Waals surface area contributed by atoms with Gasteiger partial charge in [-0.25, -0.2) is 0 Å². The summed E-state index contributed by atoms with van der Waals surface area (Å²) >= 11 is 0. The van der Waals surface area contributed by atoms with Crippen molar-refractivity contribution in [3.05, 3.63) is 250 Å². The molecule has 7 aromatic heterocycles. The second-order valence-electron chi connectivity index (χ2n) is 20.9. The summed E-state index contributed by atoms with van der Waals surface area (Å²) in [5.74, 6) is 0. The van der Waals surface area contributed by atoms with E-state index >= 15 is 0 Å². The first kappa shape index (κ1) is 54.6. The zero-order valence-corrected chi connectivity index (χ0v) is 47.7. The van der Waals surface area contributed by atoms with E-state index in [1.54, 1.807) is 0 Å². The number of H-pyrrole nitrogens is 4. The molecular weight excluding hydrogens is 939 g/mol. The van der Waals surface area contributed by atoms with Gasteiger partial charge in [0.05, 0.1) is 5.52 Å². The average molecular weight is 1020 g/mol. The van der Waals surface area contributed by atoms with Gasteiger partial charge in [0.15, 0.2) is 0 Å². The molecule has 0 saturated heterocycles. The first-order valence-electron chi connectivity index (χ1n) is 26.7. The maximum atomic E-state index is 3.33. The highest BCUT2D eigenvalue weighted by Gasteiger charge is 2.03. The number of fused-ring (bicyclic) bond motifs is 7. The number of rotatable bonds is 0. The van der Waals surface area contributed by atoms with Crippen LogP contribution in [0, 0.1) is 76.2 Å². The number of aryl methyl sites for hydroxylation is 14. The number of hydrogen-bond acceptors (Lipinski definition) is 0. The molecule has 7 nitrogen and oxygen atoms in total. The predicted octanol–water partition coefficient (Wildman–Crippen LogP) is 18.6. The molecule has 0 saturated carbocycles. The number of aromatic nitrogens is 7. The Morgan fingerprint density at radius 2 is 0.922 bits per heavy atom. The molecule has 0 fully saturated rings. The van der Waals surface area contributed by atoms with E-state index in [2.05, 4.69) is 313 Å². The normalized spacial score (nSPS) is 10.7. The minimum atomic E-state index is 1.23. The molecule has 7 aromatic carbocycles. The number of nitrogens with one attached hydrogen (secondary N) is 4. The van der Waals surface area contributed by atoms with Crippen LogP contribution in [0.1, 0.15) is 61.7 Å². The highest BCUT2D eigenvalue weighted by molar-refractivity contribution is 5.86. The van der Waals surface area contributed by atoms with Crippen molar-refractivity contribution in [2.75, 3.05) is 0 Å². The Morgan fingerprint density at radius 1 is 0.338 bits per heavy atom. The Balaban J connectivity index is 0.000000119. The Labute approximate surface area is 455 Å². The largest absolute Gasteiger partial charge is 0.361 e. The van der Waals surface area contributed by atoms with Gasteiger partial charge in [-0.3, -0.25) is 0 Å². The van der Waals surface area contributed by atoms with E-state index in [-0.39, 0.29) is 0 Å². The lowest BCUT2D eigenvalue weighted by Gasteiger charge is -1.99. The van der Waals surface area contributed by atoms with Crippen molar-refractivity contribution in [1.29, 1.82) is 0 Å². The number of benzene rings is 7. The summed E-state index contributed by atoms with van der Waals surface area (Å²) in [6, 6.07) is 59.9. The highest BCUT2D eigenvalue weighted by atomic mass is 14.9. The van der Waals surface area contributed by atoms with Crippen LogP contribution in [0.25, 0.3) is 76.3 Å². The van der Waals surface area contributed by atoms with Gasteiger partial charge in [-0.05, 0) is 220 Å². The van der Waals surface area contributed by atoms with Crippen molar-refractivity contribution in [2.24, 2.45) is 21.1 Å². The van der Waals surface area contributed by atoms with Crippen LogP contribution in [0.4, 0.5) is 0 Å². The standard InChI is InChI=1S/7C10H11N/c1-7-3-4-10-9(5-7)6-8(2)11-10;1-7-3-4-9-6-8(2)11-10(9)5-7;1-8-3-4-9-5-6-11(2)10(9)7-8;1-7-3-4-9-5-6-11-10(9)8(7)2;1-8-4-3-5-9-6-7-11(2)10(8)9;1-7-4-3-5-9-6-8(2)11-10(7)9;1-8-7-9-5-3-4-6-10(9)11(8)2/h2*3-6,11H,1-2H3;3-7H,1-2H3;3-6,11H,1-2H3;3-7H,1-2H3;3-6,11H,1-2H3;3-7H,1-2H3. The fourth-order valence-electron chi connectivity index (χ4n) is 9.98. The van der Waals surface area contributed by atoms with E-state index in [0.29, 0.717) is 0 Å². The molecule has 14 aromatic rings. The summed E-state index contributed by atoms with van der Waals surface area (Å²) < 4.78 is 6.50. The van der Waals surface area contributed by atoms with Crippen LogP contribution in [0.5, 0.6) is 0 Å². The number of aromatic amines is 4. The summed E-state index contributed by atoms with van der Waals surface area (Å²) in [6.45, 7) is 23.2. The van der Waals surface area contributed by atoms with Crippen LogP contribution in [-0.4, -0.2) is 33.6 Å². The third-order valence-corrected chi connectivity index (χ3v) is 14.4. The molecule has 77 heavy (non-hydrogen) atoms. The third kappa shape index (κ3) is 13.4. The van der Waals surface area contributed by atoms with Crippen LogP contribution in [0.15, 0.2) is 188 Å². The quantitative estimate of drug-likeness (QED) is 0.117. The smallest absolute Gasteiger partial charge is 0.0507 e. The van der Waals surface area contributed by atoms with Gasteiger partial charge < -0.3 is 33.6 Å². The van der Waals surface area contributed by atoms with E-state index in [1.807, 2.05) is 6.20 Å². The number of nitrogens with zero attached hydrogens (tertiary/aromatic N) is 3. The summed E-state index contributed by atoms with van der Waals surface area (Å²) in [5, 5.41) is 9.18. The molecule has 0 aliphatic rings. The molecule has 4 N–H and O–H groups in total. The Kier molecular flexibility index (Phi) is 17.2. The molecule has 7 heteroatoms. The third-order valence-electron chi connectivity index (χ3n) is 14.4. The second-order valence-corrected chi connectivity index (χ2v) is 20.9. The van der Waals surface area contributed by atoms with Gasteiger partial charge in [0.1, 0.15) is 0 Å². The monoisotopic (exact) mass is 1020 g/mol. The Bertz CT molecular complexity index is 4120. The van der Waals surface area contributed by atoms with Gasteiger partial charge in [0, 0.05) is 95.6 Å². The second kappa shape index (κ2) is 24.3. The van der Waals surface area contributed by atoms with E-state index < -0.39 is 0 Å². The van der Waals surface area contributed by atoms with Gasteiger partial charge in [0.2, 0.25) is 0 Å². The van der Waals surface area contributed by atoms with Crippen LogP contribution in [0.2, 0.25) is 0 Å². The molecule has 0 atom stereocenters. The van der Waals surface area contributed by atoms with E-state index in [9.17, 15) is 0 Å². The first-order valence-corrected chi connectivity index (χ1v) is 26.7. The van der Waals surface area contributed by atoms with E-state index in [4.69, 9.17) is 0 Å². The van der Waals surface area contributed by atoms with Gasteiger partial charge >= 0.3 is 0 Å². The maximum absolute atomic E-state index is 3.33. The molecule has 0 radical (unpaired) electrons. The molecule has 0 spiro atoms. The number of hydrogen-bond donors (Lipinski definition) is 4. The zero-order chi connectivity index (χ0) is 54.9. The molecule has 0 aliphatic heterocycles. The molecule has 0 unspecified atom stereocenters. The molecule has 7 heterocycles. The van der Waals surface area contributed by atoms with Gasteiger partial charge in [-0.1, -0.05) is 103 Å². The minimum absolute atomic E-state index is 1.23. The summed E-state index contributed by atoms with van der Waals surface area (Å²) in [6.07, 6.45) is 6.17. The molecular formula is C70H77N7. The molecule has 0 bridgehead atoms. The Morgan fingerprint density at radius 3 is 1.66 bits per heavy atom. The van der Waals surface area contributed by atoms with Gasteiger partial charge in [0.25, 0.3) is 0 Å². The van der Waals surface area contributed by atoms with Crippen LogP contribution < -0.4 is 0 Å². The topological polar surface area (TPSA) is 78.0 Å². The lowest BCUT2D eigenvalue weighted by molar-refractivity contribution is 0.918. The fraction of sp³-hybridized carbons (Fsp3) is 0.200. The lowest BCUT2D eigenvalue weighted by Crippen LogP contribution is -1.88. The van der Waals surface area contributed by atoms with Crippen LogP contribution >= 0.6 is 0 Å². The van der Waals surface area contributed by atoms with Crippen molar-refractivity contribution in [2.45, 2.75) is 76.2 Å². The molecule has 14 rings (SSSR count). The van der Waals surface area contributed by atoms with Crippen molar-refractivity contribution in [3.63, 3.8) is 0 Å². The molecule has 0 aliphatic carbocycles. The Hall–Kier alpha value is -8.68. The maximum Gasteiger partial charge on any atom is 0.0507 e. The summed E-state index contributed by atoms with van der Waals surface area (Å²) in [7, 11) is 6.24. The average Bonchev–Trinajstić information content (AvgIpc) is 4.31. The van der Waals surface area contributed by atoms with E-state index in [1.165, 1.54) is 138 Å². The first-order chi connectivity index (χ1) is 36.9. The van der Waals surface area contributed by atoms with Gasteiger partial charge in [-0.15, -0.1) is 0 Å². The number of para-hydroxylation sites is 3. The fourth-order valence-corrected chi connectivity index (χ4v) is 9.98. The van der Waals surface area contributed by atoms with Crippen molar-refractivity contribution < 1.29 is 0 Å². The van der Waals surface area contributed by atoms with Crippen LogP contribution in [-0.2, 0) is 21.1 Å². The zero-order valence-electron chi connectivity index (χ0n) is 47.7. The van der Waals surface area contributed by atoms with Crippen molar-refractivity contribution >= 4 is 76.3 Å². The molecule has 0 amide bonds. The molecule has 392 valence electrons. The van der Waals surface area contributed by atoms with Gasteiger partial charge in [-0.2, -0.15) is 0 Å². The van der Waals surface area contributed by atoms with E-state index in [0.717, 1.165) is 0 Å². The van der Waals surface area contributed by atoms with Crippen molar-refractivity contribution in [3.8, 4) is 0 Å².